The molecule has 1 aliphatic rings. The van der Waals surface area contributed by atoms with Crippen LogP contribution >= 0.6 is 0 Å². The standard InChI is InChI=1S/C17H21NO3/c1-13(12-18-9-5-2-6-10-18)20-17(19)16-11-14-7-3-4-8-15(14)21-16/h3-4,7-8,11,13H,2,5-6,9-10,12H2,1H3/t13-/m0/s1. The fourth-order valence-corrected chi connectivity index (χ4v) is 2.87. The van der Waals surface area contributed by atoms with Gasteiger partial charge in [0.2, 0.25) is 5.76 Å². The number of rotatable bonds is 4. The van der Waals surface area contributed by atoms with E-state index in [9.17, 15) is 4.79 Å². The van der Waals surface area contributed by atoms with Gasteiger partial charge in [-0.05, 0) is 45.0 Å². The van der Waals surface area contributed by atoms with Gasteiger partial charge in [0.25, 0.3) is 0 Å². The third-order valence-electron chi connectivity index (χ3n) is 3.90. The van der Waals surface area contributed by atoms with Gasteiger partial charge in [-0.25, -0.2) is 4.79 Å². The number of ether oxygens (including phenoxy) is 1. The highest BCUT2D eigenvalue weighted by molar-refractivity contribution is 5.92. The van der Waals surface area contributed by atoms with Crippen LogP contribution in [0.15, 0.2) is 34.7 Å². The van der Waals surface area contributed by atoms with Gasteiger partial charge in [0, 0.05) is 11.9 Å². The highest BCUT2D eigenvalue weighted by Crippen LogP contribution is 2.20. The summed E-state index contributed by atoms with van der Waals surface area (Å²) in [7, 11) is 0. The first kappa shape index (κ1) is 14.1. The second kappa shape index (κ2) is 6.31. The summed E-state index contributed by atoms with van der Waals surface area (Å²) in [6.45, 7) is 4.94. The summed E-state index contributed by atoms with van der Waals surface area (Å²) >= 11 is 0. The number of carbonyl (C=O) groups excluding carboxylic acids is 1. The number of para-hydroxylation sites is 1. The summed E-state index contributed by atoms with van der Waals surface area (Å²) in [5.74, 6) is -0.0996. The zero-order valence-electron chi connectivity index (χ0n) is 12.4. The highest BCUT2D eigenvalue weighted by atomic mass is 16.6. The number of carbonyl (C=O) groups is 1. The molecule has 0 spiro atoms. The summed E-state index contributed by atoms with van der Waals surface area (Å²) in [6, 6.07) is 9.33. The molecule has 0 bridgehead atoms. The van der Waals surface area contributed by atoms with E-state index in [1.165, 1.54) is 19.3 Å². The van der Waals surface area contributed by atoms with Crippen molar-refractivity contribution in [3.8, 4) is 0 Å². The van der Waals surface area contributed by atoms with E-state index in [1.807, 2.05) is 31.2 Å². The van der Waals surface area contributed by atoms with Crippen LogP contribution in [0.25, 0.3) is 11.0 Å². The maximum atomic E-state index is 12.1. The number of furan rings is 1. The number of benzene rings is 1. The van der Waals surface area contributed by atoms with Crippen LogP contribution in [0, 0.1) is 0 Å². The molecule has 2 heterocycles. The Kier molecular flexibility index (Phi) is 4.25. The van der Waals surface area contributed by atoms with Gasteiger partial charge in [-0.15, -0.1) is 0 Å². The first-order chi connectivity index (χ1) is 10.2. The monoisotopic (exact) mass is 287 g/mol. The molecule has 4 heteroatoms. The van der Waals surface area contributed by atoms with Gasteiger partial charge in [0.1, 0.15) is 11.7 Å². The van der Waals surface area contributed by atoms with E-state index in [2.05, 4.69) is 4.90 Å². The van der Waals surface area contributed by atoms with E-state index in [1.54, 1.807) is 6.07 Å². The summed E-state index contributed by atoms with van der Waals surface area (Å²) < 4.78 is 11.0. The Morgan fingerprint density at radius 1 is 1.29 bits per heavy atom. The van der Waals surface area contributed by atoms with Crippen molar-refractivity contribution >= 4 is 16.9 Å². The van der Waals surface area contributed by atoms with Crippen molar-refractivity contribution in [2.45, 2.75) is 32.3 Å². The molecular weight excluding hydrogens is 266 g/mol. The summed E-state index contributed by atoms with van der Waals surface area (Å²) in [5, 5.41) is 0.924. The largest absolute Gasteiger partial charge is 0.455 e. The average Bonchev–Trinajstić information content (AvgIpc) is 2.92. The molecule has 0 saturated carbocycles. The number of esters is 1. The van der Waals surface area contributed by atoms with Gasteiger partial charge >= 0.3 is 5.97 Å². The smallest absolute Gasteiger partial charge is 0.374 e. The minimum atomic E-state index is -0.379. The van der Waals surface area contributed by atoms with Gasteiger partial charge in [0.15, 0.2) is 0 Å². The van der Waals surface area contributed by atoms with E-state index in [0.717, 1.165) is 25.0 Å². The number of likely N-dealkylation sites (tertiary alicyclic amines) is 1. The predicted octanol–water partition coefficient (Wildman–Crippen LogP) is 3.46. The Morgan fingerprint density at radius 2 is 2.05 bits per heavy atom. The molecule has 0 amide bonds. The van der Waals surface area contributed by atoms with Gasteiger partial charge in [-0.2, -0.15) is 0 Å². The van der Waals surface area contributed by atoms with Crippen molar-refractivity contribution in [2.24, 2.45) is 0 Å². The van der Waals surface area contributed by atoms with Gasteiger partial charge in [-0.1, -0.05) is 24.6 Å². The van der Waals surface area contributed by atoms with E-state index < -0.39 is 0 Å². The van der Waals surface area contributed by atoms with Crippen LogP contribution in [0.4, 0.5) is 0 Å². The molecule has 2 aromatic rings. The summed E-state index contributed by atoms with van der Waals surface area (Å²) in [5.41, 5.74) is 0.716. The Hall–Kier alpha value is -1.81. The zero-order chi connectivity index (χ0) is 14.7. The molecule has 21 heavy (non-hydrogen) atoms. The van der Waals surface area contributed by atoms with Gasteiger partial charge < -0.3 is 9.15 Å². The van der Waals surface area contributed by atoms with Crippen LogP contribution in [-0.2, 0) is 4.74 Å². The molecule has 0 unspecified atom stereocenters. The molecular formula is C17H21NO3. The number of hydrogen-bond acceptors (Lipinski definition) is 4. The molecule has 0 aliphatic carbocycles. The van der Waals surface area contributed by atoms with Gasteiger partial charge in [-0.3, -0.25) is 4.90 Å². The molecule has 0 radical (unpaired) electrons. The fourth-order valence-electron chi connectivity index (χ4n) is 2.87. The van der Waals surface area contributed by atoms with Crippen LogP contribution in [0.5, 0.6) is 0 Å². The van der Waals surface area contributed by atoms with Crippen molar-refractivity contribution in [3.63, 3.8) is 0 Å². The lowest BCUT2D eigenvalue weighted by Gasteiger charge is -2.28. The number of nitrogens with zero attached hydrogens (tertiary/aromatic N) is 1. The van der Waals surface area contributed by atoms with Crippen LogP contribution in [0.2, 0.25) is 0 Å². The second-order valence-electron chi connectivity index (χ2n) is 5.73. The molecule has 1 aromatic heterocycles. The molecule has 1 atom stereocenters. The summed E-state index contributed by atoms with van der Waals surface area (Å²) in [6.07, 6.45) is 3.67. The minimum absolute atomic E-state index is 0.121. The minimum Gasteiger partial charge on any atom is -0.455 e. The van der Waals surface area contributed by atoms with Crippen LogP contribution in [0.1, 0.15) is 36.7 Å². The quantitative estimate of drug-likeness (QED) is 0.808. The Balaban J connectivity index is 1.59. The molecule has 1 saturated heterocycles. The number of piperidine rings is 1. The molecule has 0 N–H and O–H groups in total. The fraction of sp³-hybridized carbons (Fsp3) is 0.471. The van der Waals surface area contributed by atoms with Crippen LogP contribution in [-0.4, -0.2) is 36.6 Å². The van der Waals surface area contributed by atoms with Gasteiger partial charge in [0.05, 0.1) is 0 Å². The molecule has 3 rings (SSSR count). The second-order valence-corrected chi connectivity index (χ2v) is 5.73. The molecule has 112 valence electrons. The van der Waals surface area contributed by atoms with E-state index >= 15 is 0 Å². The van der Waals surface area contributed by atoms with Crippen LogP contribution in [0.3, 0.4) is 0 Å². The Labute approximate surface area is 124 Å². The zero-order valence-corrected chi connectivity index (χ0v) is 12.4. The van der Waals surface area contributed by atoms with Crippen LogP contribution < -0.4 is 0 Å². The molecule has 1 fully saturated rings. The first-order valence-corrected chi connectivity index (χ1v) is 7.64. The van der Waals surface area contributed by atoms with Crippen molar-refractivity contribution in [1.29, 1.82) is 0 Å². The lowest BCUT2D eigenvalue weighted by molar-refractivity contribution is 0.0205. The van der Waals surface area contributed by atoms with Crippen molar-refractivity contribution in [1.82, 2.24) is 4.90 Å². The highest BCUT2D eigenvalue weighted by Gasteiger charge is 2.19. The first-order valence-electron chi connectivity index (χ1n) is 7.64. The summed E-state index contributed by atoms with van der Waals surface area (Å²) in [4.78, 5) is 14.5. The third kappa shape index (κ3) is 3.45. The maximum Gasteiger partial charge on any atom is 0.374 e. The Bertz CT molecular complexity index is 580. The number of fused-ring (bicyclic) bond motifs is 1. The third-order valence-corrected chi connectivity index (χ3v) is 3.90. The lowest BCUT2D eigenvalue weighted by Crippen LogP contribution is -2.37. The van der Waals surface area contributed by atoms with E-state index in [-0.39, 0.29) is 17.8 Å². The normalized spacial score (nSPS) is 17.8. The van der Waals surface area contributed by atoms with Crippen molar-refractivity contribution in [2.75, 3.05) is 19.6 Å². The van der Waals surface area contributed by atoms with Crippen molar-refractivity contribution in [3.05, 3.63) is 36.1 Å². The maximum absolute atomic E-state index is 12.1. The molecule has 1 aliphatic heterocycles. The Morgan fingerprint density at radius 3 is 2.81 bits per heavy atom. The van der Waals surface area contributed by atoms with E-state index in [0.29, 0.717) is 5.58 Å². The molecule has 1 aromatic carbocycles. The van der Waals surface area contributed by atoms with Crippen molar-refractivity contribution < 1.29 is 13.9 Å². The lowest BCUT2D eigenvalue weighted by atomic mass is 10.1. The average molecular weight is 287 g/mol. The SMILES string of the molecule is C[C@@H](CN1CCCCC1)OC(=O)c1cc2ccccc2o1. The number of hydrogen-bond donors (Lipinski definition) is 0. The topological polar surface area (TPSA) is 42.7 Å². The predicted molar refractivity (Wildman–Crippen MR) is 81.4 cm³/mol. The van der Waals surface area contributed by atoms with E-state index in [4.69, 9.17) is 9.15 Å². The molecule has 4 nitrogen and oxygen atoms in total.